The van der Waals surface area contributed by atoms with Gasteiger partial charge in [-0.25, -0.2) is 4.79 Å². The Morgan fingerprint density at radius 3 is 2.55 bits per heavy atom. The molecule has 3 fully saturated rings. The monoisotopic (exact) mass is 416 g/mol. The van der Waals surface area contributed by atoms with E-state index in [-0.39, 0.29) is 18.4 Å². The fraction of sp³-hybridized carbons (Fsp3) is 0.591. The van der Waals surface area contributed by atoms with E-state index in [1.54, 1.807) is 21.6 Å². The highest BCUT2D eigenvalue weighted by molar-refractivity contribution is 8.00. The molecule has 1 aromatic carbocycles. The molecule has 0 unspecified atom stereocenters. The van der Waals surface area contributed by atoms with E-state index in [0.717, 1.165) is 12.0 Å². The Morgan fingerprint density at radius 2 is 1.86 bits per heavy atom. The van der Waals surface area contributed by atoms with E-state index < -0.39 is 16.9 Å². The Morgan fingerprint density at radius 1 is 1.17 bits per heavy atom. The van der Waals surface area contributed by atoms with Crippen molar-refractivity contribution in [1.29, 1.82) is 0 Å². The van der Waals surface area contributed by atoms with Crippen LogP contribution in [0.15, 0.2) is 30.3 Å². The number of hydrogen-bond acceptors (Lipinski definition) is 5. The third-order valence-electron chi connectivity index (χ3n) is 6.18. The van der Waals surface area contributed by atoms with Crippen molar-refractivity contribution in [1.82, 2.24) is 9.80 Å². The van der Waals surface area contributed by atoms with Gasteiger partial charge in [-0.1, -0.05) is 44.2 Å². The zero-order valence-electron chi connectivity index (χ0n) is 17.0. The number of ether oxygens (including phenoxy) is 1. The van der Waals surface area contributed by atoms with Gasteiger partial charge in [0.15, 0.2) is 6.61 Å². The molecule has 1 aromatic rings. The van der Waals surface area contributed by atoms with Crippen molar-refractivity contribution in [3.63, 3.8) is 0 Å². The highest BCUT2D eigenvalue weighted by Gasteiger charge is 2.57. The summed E-state index contributed by atoms with van der Waals surface area (Å²) in [4.78, 5) is 41.0. The van der Waals surface area contributed by atoms with E-state index in [9.17, 15) is 14.4 Å². The second-order valence-electron chi connectivity index (χ2n) is 8.59. The first-order valence-electron chi connectivity index (χ1n) is 10.4. The van der Waals surface area contributed by atoms with Crippen molar-refractivity contribution >= 4 is 29.5 Å². The van der Waals surface area contributed by atoms with Crippen LogP contribution in [0.1, 0.15) is 38.7 Å². The van der Waals surface area contributed by atoms with Gasteiger partial charge < -0.3 is 14.5 Å². The highest BCUT2D eigenvalue weighted by atomic mass is 32.2. The topological polar surface area (TPSA) is 66.9 Å². The van der Waals surface area contributed by atoms with Crippen molar-refractivity contribution in [2.75, 3.05) is 25.4 Å². The van der Waals surface area contributed by atoms with Gasteiger partial charge in [0.25, 0.3) is 5.91 Å². The predicted octanol–water partition coefficient (Wildman–Crippen LogP) is 2.62. The van der Waals surface area contributed by atoms with Gasteiger partial charge in [0, 0.05) is 25.3 Å². The summed E-state index contributed by atoms with van der Waals surface area (Å²) in [5.74, 6) is 0.759. The van der Waals surface area contributed by atoms with E-state index in [0.29, 0.717) is 43.5 Å². The molecule has 0 N–H and O–H groups in total. The Hall–Kier alpha value is -2.02. The number of nitrogens with zero attached hydrogens (tertiary/aromatic N) is 2. The largest absolute Gasteiger partial charge is 0.454 e. The molecule has 0 radical (unpaired) electrons. The van der Waals surface area contributed by atoms with E-state index in [2.05, 4.69) is 13.8 Å². The molecule has 3 aliphatic rings. The van der Waals surface area contributed by atoms with Crippen LogP contribution in [0, 0.1) is 11.8 Å². The third-order valence-corrected chi connectivity index (χ3v) is 7.78. The lowest BCUT2D eigenvalue weighted by atomic mass is 9.92. The minimum absolute atomic E-state index is 0.0224. The minimum atomic E-state index is -0.637. The van der Waals surface area contributed by atoms with Crippen LogP contribution in [-0.4, -0.2) is 59.1 Å². The predicted molar refractivity (Wildman–Crippen MR) is 111 cm³/mol. The number of fused-ring (bicyclic) bond motifs is 1. The molecule has 3 heterocycles. The summed E-state index contributed by atoms with van der Waals surface area (Å²) in [6.07, 6.45) is 2.22. The van der Waals surface area contributed by atoms with Crippen LogP contribution in [0.4, 0.5) is 0 Å². The van der Waals surface area contributed by atoms with Crippen LogP contribution in [0.3, 0.4) is 0 Å². The number of benzene rings is 1. The molecule has 3 aliphatic heterocycles. The first-order valence-corrected chi connectivity index (χ1v) is 11.4. The van der Waals surface area contributed by atoms with Crippen LogP contribution >= 0.6 is 11.8 Å². The molecule has 4 atom stereocenters. The van der Waals surface area contributed by atoms with Crippen LogP contribution in [0.5, 0.6) is 0 Å². The maximum absolute atomic E-state index is 12.8. The van der Waals surface area contributed by atoms with Crippen LogP contribution in [0.25, 0.3) is 0 Å². The second kappa shape index (κ2) is 8.01. The van der Waals surface area contributed by atoms with E-state index >= 15 is 0 Å². The SMILES string of the molecule is C[C@H]1C[C@H](C)CN(C(=O)COC(=O)[C@@H]2CS[C@@]3(c4ccccc4)CCC(=O)N23)C1. The van der Waals surface area contributed by atoms with Crippen LogP contribution in [0.2, 0.25) is 0 Å². The number of piperidine rings is 1. The number of rotatable bonds is 4. The maximum atomic E-state index is 12.8. The van der Waals surface area contributed by atoms with Gasteiger partial charge in [0.1, 0.15) is 10.9 Å². The number of thioether (sulfide) groups is 1. The fourth-order valence-corrected chi connectivity index (χ4v) is 6.64. The molecular formula is C22H28N2O4S. The van der Waals surface area contributed by atoms with Crippen molar-refractivity contribution < 1.29 is 19.1 Å². The van der Waals surface area contributed by atoms with Gasteiger partial charge in [-0.05, 0) is 30.2 Å². The lowest BCUT2D eigenvalue weighted by Crippen LogP contribution is -2.48. The first-order chi connectivity index (χ1) is 13.9. The highest BCUT2D eigenvalue weighted by Crippen LogP contribution is 2.54. The molecule has 7 heteroatoms. The summed E-state index contributed by atoms with van der Waals surface area (Å²) in [7, 11) is 0. The van der Waals surface area contributed by atoms with Crippen molar-refractivity contribution in [2.45, 2.75) is 44.0 Å². The van der Waals surface area contributed by atoms with Gasteiger partial charge in [0.2, 0.25) is 5.91 Å². The first kappa shape index (κ1) is 20.3. The normalized spacial score (nSPS) is 31.7. The Bertz CT molecular complexity index is 791. The van der Waals surface area contributed by atoms with Crippen LogP contribution in [-0.2, 0) is 24.0 Å². The molecule has 2 amide bonds. The number of likely N-dealkylation sites (tertiary alicyclic amines) is 1. The third kappa shape index (κ3) is 3.77. The molecule has 0 aliphatic carbocycles. The molecule has 0 aromatic heterocycles. The van der Waals surface area contributed by atoms with E-state index in [4.69, 9.17) is 4.74 Å². The Kier molecular flexibility index (Phi) is 5.60. The van der Waals surface area contributed by atoms with Gasteiger partial charge in [0.05, 0.1) is 0 Å². The molecule has 156 valence electrons. The molecule has 0 spiro atoms. The molecular weight excluding hydrogens is 388 g/mol. The summed E-state index contributed by atoms with van der Waals surface area (Å²) in [6.45, 7) is 5.45. The van der Waals surface area contributed by atoms with Gasteiger partial charge in [-0.15, -0.1) is 11.8 Å². The van der Waals surface area contributed by atoms with E-state index in [1.807, 2.05) is 30.3 Å². The van der Waals surface area contributed by atoms with Gasteiger partial charge >= 0.3 is 5.97 Å². The lowest BCUT2D eigenvalue weighted by molar-refractivity contribution is -0.159. The lowest BCUT2D eigenvalue weighted by Gasteiger charge is -2.35. The fourth-order valence-electron chi connectivity index (χ4n) is 5.00. The average molecular weight is 417 g/mol. The second-order valence-corrected chi connectivity index (χ2v) is 9.89. The molecule has 0 saturated carbocycles. The summed E-state index contributed by atoms with van der Waals surface area (Å²) >= 11 is 1.63. The zero-order chi connectivity index (χ0) is 20.6. The smallest absolute Gasteiger partial charge is 0.330 e. The van der Waals surface area contributed by atoms with Crippen molar-refractivity contribution in [2.24, 2.45) is 11.8 Å². The minimum Gasteiger partial charge on any atom is -0.454 e. The summed E-state index contributed by atoms with van der Waals surface area (Å²) < 4.78 is 5.41. The number of amides is 2. The zero-order valence-corrected chi connectivity index (χ0v) is 17.8. The number of esters is 1. The van der Waals surface area contributed by atoms with Crippen LogP contribution < -0.4 is 0 Å². The number of carbonyl (C=O) groups is 3. The van der Waals surface area contributed by atoms with Crippen molar-refractivity contribution in [3.8, 4) is 0 Å². The van der Waals surface area contributed by atoms with E-state index in [1.165, 1.54) is 0 Å². The quantitative estimate of drug-likeness (QED) is 0.706. The van der Waals surface area contributed by atoms with Gasteiger partial charge in [-0.3, -0.25) is 9.59 Å². The maximum Gasteiger partial charge on any atom is 0.330 e. The Balaban J connectivity index is 1.42. The number of carbonyl (C=O) groups excluding carboxylic acids is 3. The summed E-state index contributed by atoms with van der Waals surface area (Å²) in [6, 6.07) is 9.23. The van der Waals surface area contributed by atoms with Crippen molar-refractivity contribution in [3.05, 3.63) is 35.9 Å². The molecule has 6 nitrogen and oxygen atoms in total. The molecule has 0 bridgehead atoms. The molecule has 3 saturated heterocycles. The molecule has 29 heavy (non-hydrogen) atoms. The summed E-state index contributed by atoms with van der Waals surface area (Å²) in [5, 5.41) is 0. The summed E-state index contributed by atoms with van der Waals surface area (Å²) in [5.41, 5.74) is 1.04. The van der Waals surface area contributed by atoms with Gasteiger partial charge in [-0.2, -0.15) is 0 Å². The molecule has 4 rings (SSSR count). The number of hydrogen-bond donors (Lipinski definition) is 0. The standard InChI is InChI=1S/C22H28N2O4S/c1-15-10-16(2)12-23(11-15)20(26)13-28-21(27)18-14-29-22(9-8-19(25)24(18)22)17-6-4-3-5-7-17/h3-7,15-16,18H,8-14H2,1-2H3/t15-,16-,18-,22+/m0/s1. The average Bonchev–Trinajstić information content (AvgIpc) is 3.25. The Labute approximate surface area is 175 Å².